The zero-order valence-electron chi connectivity index (χ0n) is 11.0. The SMILES string of the molecule is c1nscc1CN1CCC(C2CCNCC2)CC1. The van der Waals surface area contributed by atoms with Gasteiger partial charge in [-0.3, -0.25) is 4.90 Å². The molecule has 2 aliphatic heterocycles. The van der Waals surface area contributed by atoms with Crippen LogP contribution in [0.3, 0.4) is 0 Å². The van der Waals surface area contributed by atoms with Crippen LogP contribution in [-0.2, 0) is 6.54 Å². The van der Waals surface area contributed by atoms with E-state index in [1.165, 1.54) is 57.4 Å². The molecule has 0 saturated carbocycles. The summed E-state index contributed by atoms with van der Waals surface area (Å²) in [6.07, 6.45) is 7.63. The zero-order chi connectivity index (χ0) is 12.2. The van der Waals surface area contributed by atoms with E-state index in [-0.39, 0.29) is 0 Å². The molecular weight excluding hydrogens is 242 g/mol. The summed E-state index contributed by atoms with van der Waals surface area (Å²) >= 11 is 1.57. The van der Waals surface area contributed by atoms with Crippen molar-refractivity contribution in [3.05, 3.63) is 17.1 Å². The number of hydrogen-bond donors (Lipinski definition) is 1. The van der Waals surface area contributed by atoms with Gasteiger partial charge in [0.15, 0.2) is 0 Å². The number of piperidine rings is 2. The van der Waals surface area contributed by atoms with Gasteiger partial charge in [0.1, 0.15) is 0 Å². The average molecular weight is 265 g/mol. The quantitative estimate of drug-likeness (QED) is 0.909. The molecule has 1 aromatic rings. The maximum Gasteiger partial charge on any atom is 0.0452 e. The molecule has 0 radical (unpaired) electrons. The van der Waals surface area contributed by atoms with Crippen molar-refractivity contribution in [2.45, 2.75) is 32.2 Å². The Balaban J connectivity index is 1.45. The minimum Gasteiger partial charge on any atom is -0.317 e. The molecule has 3 nitrogen and oxygen atoms in total. The fraction of sp³-hybridized carbons (Fsp3) is 0.786. The Labute approximate surface area is 114 Å². The van der Waals surface area contributed by atoms with E-state index in [0.29, 0.717) is 0 Å². The Morgan fingerprint density at radius 2 is 1.89 bits per heavy atom. The highest BCUT2D eigenvalue weighted by Gasteiger charge is 2.27. The standard InChI is InChI=1S/C14H23N3S/c1-5-15-6-2-13(1)14-3-7-17(8-4-14)10-12-9-16-18-11-12/h9,11,13-15H,1-8,10H2. The third-order valence-corrected chi connectivity index (χ3v) is 5.21. The summed E-state index contributed by atoms with van der Waals surface area (Å²) in [5.74, 6) is 1.99. The van der Waals surface area contributed by atoms with Gasteiger partial charge in [0.2, 0.25) is 0 Å². The van der Waals surface area contributed by atoms with E-state index in [1.54, 1.807) is 11.5 Å². The van der Waals surface area contributed by atoms with Gasteiger partial charge in [-0.15, -0.1) is 0 Å². The molecule has 0 atom stereocenters. The van der Waals surface area contributed by atoms with E-state index < -0.39 is 0 Å². The third-order valence-electron chi connectivity index (χ3n) is 4.57. The summed E-state index contributed by atoms with van der Waals surface area (Å²) in [7, 11) is 0. The zero-order valence-corrected chi connectivity index (χ0v) is 11.8. The lowest BCUT2D eigenvalue weighted by molar-refractivity contribution is 0.126. The number of nitrogens with one attached hydrogen (secondary N) is 1. The molecule has 4 heteroatoms. The van der Waals surface area contributed by atoms with Gasteiger partial charge in [0.25, 0.3) is 0 Å². The first kappa shape index (κ1) is 12.6. The Kier molecular flexibility index (Phi) is 4.28. The van der Waals surface area contributed by atoms with Crippen molar-refractivity contribution in [2.24, 2.45) is 11.8 Å². The molecule has 1 N–H and O–H groups in total. The van der Waals surface area contributed by atoms with E-state index in [4.69, 9.17) is 0 Å². The summed E-state index contributed by atoms with van der Waals surface area (Å²) in [6.45, 7) is 6.15. The minimum absolute atomic E-state index is 0.990. The highest BCUT2D eigenvalue weighted by molar-refractivity contribution is 7.03. The molecule has 2 saturated heterocycles. The molecule has 0 aliphatic carbocycles. The number of nitrogens with zero attached hydrogens (tertiary/aromatic N) is 2. The van der Waals surface area contributed by atoms with Crippen molar-refractivity contribution < 1.29 is 0 Å². The van der Waals surface area contributed by atoms with E-state index in [2.05, 4.69) is 20.0 Å². The van der Waals surface area contributed by atoms with Gasteiger partial charge in [-0.25, -0.2) is 4.37 Å². The summed E-state index contributed by atoms with van der Waals surface area (Å²) < 4.78 is 4.18. The number of rotatable bonds is 3. The normalized spacial score (nSPS) is 24.4. The summed E-state index contributed by atoms with van der Waals surface area (Å²) in [4.78, 5) is 2.60. The monoisotopic (exact) mass is 265 g/mol. The molecule has 18 heavy (non-hydrogen) atoms. The van der Waals surface area contributed by atoms with Gasteiger partial charge < -0.3 is 5.32 Å². The van der Waals surface area contributed by atoms with E-state index in [1.807, 2.05) is 6.20 Å². The highest BCUT2D eigenvalue weighted by Crippen LogP contribution is 2.31. The van der Waals surface area contributed by atoms with Crippen LogP contribution in [0.4, 0.5) is 0 Å². The van der Waals surface area contributed by atoms with E-state index in [0.717, 1.165) is 18.4 Å². The lowest BCUT2D eigenvalue weighted by Crippen LogP contribution is -2.39. The first-order chi connectivity index (χ1) is 8.92. The second kappa shape index (κ2) is 6.13. The molecule has 3 heterocycles. The van der Waals surface area contributed by atoms with Crippen LogP contribution in [0.2, 0.25) is 0 Å². The third kappa shape index (κ3) is 3.11. The molecule has 0 unspecified atom stereocenters. The lowest BCUT2D eigenvalue weighted by Gasteiger charge is -2.37. The fourth-order valence-electron chi connectivity index (χ4n) is 3.46. The van der Waals surface area contributed by atoms with E-state index >= 15 is 0 Å². The predicted octanol–water partition coefficient (Wildman–Crippen LogP) is 2.35. The van der Waals surface area contributed by atoms with Gasteiger partial charge in [0, 0.05) is 18.1 Å². The second-order valence-electron chi connectivity index (χ2n) is 5.73. The summed E-state index contributed by atoms with van der Waals surface area (Å²) in [5.41, 5.74) is 1.39. The van der Waals surface area contributed by atoms with Crippen LogP contribution in [0.25, 0.3) is 0 Å². The van der Waals surface area contributed by atoms with Crippen LogP contribution in [0, 0.1) is 11.8 Å². The molecule has 0 spiro atoms. The van der Waals surface area contributed by atoms with Crippen LogP contribution < -0.4 is 5.32 Å². The van der Waals surface area contributed by atoms with Crippen LogP contribution in [0.1, 0.15) is 31.2 Å². The summed E-state index contributed by atoms with van der Waals surface area (Å²) in [5, 5.41) is 5.66. The Morgan fingerprint density at radius 3 is 2.56 bits per heavy atom. The average Bonchev–Trinajstić information content (AvgIpc) is 2.94. The summed E-state index contributed by atoms with van der Waals surface area (Å²) in [6, 6.07) is 0. The Hall–Kier alpha value is -0.450. The van der Waals surface area contributed by atoms with Gasteiger partial charge in [-0.2, -0.15) is 0 Å². The minimum atomic E-state index is 0.990. The van der Waals surface area contributed by atoms with Crippen LogP contribution in [0.15, 0.2) is 11.6 Å². The molecule has 2 fully saturated rings. The highest BCUT2D eigenvalue weighted by atomic mass is 32.1. The molecular formula is C14H23N3S. The Morgan fingerprint density at radius 1 is 1.17 bits per heavy atom. The number of hydrogen-bond acceptors (Lipinski definition) is 4. The van der Waals surface area contributed by atoms with Crippen LogP contribution in [-0.4, -0.2) is 35.5 Å². The van der Waals surface area contributed by atoms with Gasteiger partial charge in [-0.1, -0.05) is 0 Å². The topological polar surface area (TPSA) is 28.2 Å². The van der Waals surface area contributed by atoms with Crippen molar-refractivity contribution in [1.29, 1.82) is 0 Å². The molecule has 0 bridgehead atoms. The maximum absolute atomic E-state index is 4.18. The molecule has 3 rings (SSSR count). The largest absolute Gasteiger partial charge is 0.317 e. The Bertz CT molecular complexity index is 338. The van der Waals surface area contributed by atoms with Crippen molar-refractivity contribution in [3.8, 4) is 0 Å². The number of likely N-dealkylation sites (tertiary alicyclic amines) is 1. The fourth-order valence-corrected chi connectivity index (χ4v) is 3.99. The molecule has 0 aromatic carbocycles. The van der Waals surface area contributed by atoms with Crippen LogP contribution in [0.5, 0.6) is 0 Å². The first-order valence-electron chi connectivity index (χ1n) is 7.23. The lowest BCUT2D eigenvalue weighted by atomic mass is 9.79. The van der Waals surface area contributed by atoms with Crippen LogP contribution >= 0.6 is 11.5 Å². The van der Waals surface area contributed by atoms with Crippen molar-refractivity contribution in [3.63, 3.8) is 0 Å². The molecule has 0 amide bonds. The van der Waals surface area contributed by atoms with Gasteiger partial charge in [-0.05, 0) is 80.8 Å². The van der Waals surface area contributed by atoms with E-state index in [9.17, 15) is 0 Å². The van der Waals surface area contributed by atoms with Crippen molar-refractivity contribution >= 4 is 11.5 Å². The van der Waals surface area contributed by atoms with Crippen molar-refractivity contribution in [1.82, 2.24) is 14.6 Å². The van der Waals surface area contributed by atoms with Gasteiger partial charge in [0.05, 0.1) is 0 Å². The first-order valence-corrected chi connectivity index (χ1v) is 8.07. The van der Waals surface area contributed by atoms with Gasteiger partial charge >= 0.3 is 0 Å². The van der Waals surface area contributed by atoms with Crippen molar-refractivity contribution in [2.75, 3.05) is 26.2 Å². The smallest absolute Gasteiger partial charge is 0.0452 e. The second-order valence-corrected chi connectivity index (χ2v) is 6.39. The maximum atomic E-state index is 4.18. The number of aromatic nitrogens is 1. The molecule has 1 aromatic heterocycles. The molecule has 2 aliphatic rings. The predicted molar refractivity (Wildman–Crippen MR) is 75.7 cm³/mol. The molecule has 100 valence electrons.